The molecule has 1 heteroatoms. The Morgan fingerprint density at radius 3 is 2.31 bits per heavy atom. The lowest BCUT2D eigenvalue weighted by molar-refractivity contribution is -0.122. The number of hydrogen-bond acceptors (Lipinski definition) is 1. The molecule has 2 unspecified atom stereocenters. The Morgan fingerprint density at radius 2 is 1.81 bits per heavy atom. The van der Waals surface area contributed by atoms with E-state index < -0.39 is 0 Å². The molecule has 0 radical (unpaired) electrons. The van der Waals surface area contributed by atoms with Crippen molar-refractivity contribution in [1.82, 2.24) is 0 Å². The zero-order chi connectivity index (χ0) is 12.6. The summed E-state index contributed by atoms with van der Waals surface area (Å²) >= 11 is 0. The van der Waals surface area contributed by atoms with E-state index in [1.165, 1.54) is 12.0 Å². The van der Waals surface area contributed by atoms with Crippen LogP contribution in [0.4, 0.5) is 0 Å². The molecule has 0 spiro atoms. The molecule has 0 bridgehead atoms. The summed E-state index contributed by atoms with van der Waals surface area (Å²) in [6.07, 6.45) is 7.27. The predicted molar refractivity (Wildman–Crippen MR) is 71.5 cm³/mol. The van der Waals surface area contributed by atoms with E-state index in [1.807, 2.05) is 0 Å². The van der Waals surface area contributed by atoms with E-state index in [-0.39, 0.29) is 5.92 Å². The molecule has 0 aliphatic rings. The first-order valence-corrected chi connectivity index (χ1v) is 6.63. The van der Waals surface area contributed by atoms with Crippen LogP contribution in [0.2, 0.25) is 0 Å². The van der Waals surface area contributed by atoms with Crippen LogP contribution in [-0.2, 0) is 4.79 Å². The second-order valence-electron chi connectivity index (χ2n) is 5.28. The van der Waals surface area contributed by atoms with Crippen LogP contribution in [0, 0.1) is 11.8 Å². The molecule has 0 rings (SSSR count). The Bertz CT molecular complexity index is 224. The van der Waals surface area contributed by atoms with Gasteiger partial charge in [-0.3, -0.25) is 4.79 Å². The topological polar surface area (TPSA) is 17.1 Å². The summed E-state index contributed by atoms with van der Waals surface area (Å²) in [7, 11) is 0. The number of hydrogen-bond donors (Lipinski definition) is 0. The quantitative estimate of drug-likeness (QED) is 0.543. The van der Waals surface area contributed by atoms with E-state index in [0.29, 0.717) is 11.7 Å². The van der Waals surface area contributed by atoms with Crippen LogP contribution >= 0.6 is 0 Å². The second-order valence-corrected chi connectivity index (χ2v) is 5.28. The summed E-state index contributed by atoms with van der Waals surface area (Å²) in [5.74, 6) is 1.37. The minimum atomic E-state index is 0.236. The monoisotopic (exact) mass is 224 g/mol. The molecule has 0 aromatic rings. The molecule has 0 fully saturated rings. The van der Waals surface area contributed by atoms with Gasteiger partial charge in [-0.15, -0.1) is 0 Å². The molecule has 2 atom stereocenters. The van der Waals surface area contributed by atoms with Crippen LogP contribution in [0.5, 0.6) is 0 Å². The van der Waals surface area contributed by atoms with Crippen LogP contribution in [0.3, 0.4) is 0 Å². The van der Waals surface area contributed by atoms with Gasteiger partial charge in [0.05, 0.1) is 0 Å². The minimum absolute atomic E-state index is 0.236. The molecule has 0 aromatic carbocycles. The van der Waals surface area contributed by atoms with E-state index in [4.69, 9.17) is 0 Å². The number of ketones is 1. The van der Waals surface area contributed by atoms with Crippen molar-refractivity contribution in [3.8, 4) is 0 Å². The smallest absolute Gasteiger partial charge is 0.135 e. The van der Waals surface area contributed by atoms with Gasteiger partial charge in [0.1, 0.15) is 5.78 Å². The van der Waals surface area contributed by atoms with E-state index in [9.17, 15) is 4.79 Å². The normalized spacial score (nSPS) is 14.3. The highest BCUT2D eigenvalue weighted by atomic mass is 16.1. The fourth-order valence-electron chi connectivity index (χ4n) is 1.62. The van der Waals surface area contributed by atoms with Gasteiger partial charge in [-0.1, -0.05) is 38.8 Å². The lowest BCUT2D eigenvalue weighted by Crippen LogP contribution is -2.11. The number of allylic oxidation sites excluding steroid dienone is 2. The van der Waals surface area contributed by atoms with Gasteiger partial charge >= 0.3 is 0 Å². The van der Waals surface area contributed by atoms with Crippen LogP contribution in [0.15, 0.2) is 11.6 Å². The molecular formula is C15H28O. The SMILES string of the molecule is CCC(C)CCC(=O)C(C)CCC=C(C)C. The summed E-state index contributed by atoms with van der Waals surface area (Å²) < 4.78 is 0. The third-order valence-electron chi connectivity index (χ3n) is 3.28. The highest BCUT2D eigenvalue weighted by molar-refractivity contribution is 5.80. The van der Waals surface area contributed by atoms with Crippen molar-refractivity contribution < 1.29 is 4.79 Å². The van der Waals surface area contributed by atoms with Gasteiger partial charge < -0.3 is 0 Å². The first kappa shape index (κ1) is 15.4. The fourth-order valence-corrected chi connectivity index (χ4v) is 1.62. The molecule has 0 N–H and O–H groups in total. The lowest BCUT2D eigenvalue weighted by Gasteiger charge is -2.11. The summed E-state index contributed by atoms with van der Waals surface area (Å²) in [4.78, 5) is 11.8. The van der Waals surface area contributed by atoms with E-state index in [0.717, 1.165) is 25.7 Å². The maximum Gasteiger partial charge on any atom is 0.135 e. The summed E-state index contributed by atoms with van der Waals surface area (Å²) in [6.45, 7) is 10.7. The van der Waals surface area contributed by atoms with Gasteiger partial charge in [0.15, 0.2) is 0 Å². The molecule has 1 nitrogen and oxygen atoms in total. The van der Waals surface area contributed by atoms with Gasteiger partial charge in [0.25, 0.3) is 0 Å². The Kier molecular flexibility index (Phi) is 8.23. The molecule has 0 aliphatic carbocycles. The molecular weight excluding hydrogens is 196 g/mol. The Balaban J connectivity index is 3.77. The van der Waals surface area contributed by atoms with Crippen molar-refractivity contribution in [2.75, 3.05) is 0 Å². The molecule has 0 heterocycles. The largest absolute Gasteiger partial charge is 0.299 e. The van der Waals surface area contributed by atoms with Crippen molar-refractivity contribution >= 4 is 5.78 Å². The van der Waals surface area contributed by atoms with E-state index in [1.54, 1.807) is 0 Å². The number of carbonyl (C=O) groups is 1. The molecule has 0 aromatic heterocycles. The maximum absolute atomic E-state index is 11.8. The van der Waals surface area contributed by atoms with Crippen molar-refractivity contribution in [2.45, 2.75) is 66.7 Å². The summed E-state index contributed by atoms with van der Waals surface area (Å²) in [5.41, 5.74) is 1.35. The van der Waals surface area contributed by atoms with Crippen molar-refractivity contribution in [3.05, 3.63) is 11.6 Å². The van der Waals surface area contributed by atoms with Gasteiger partial charge in [-0.05, 0) is 39.0 Å². The molecule has 0 amide bonds. The van der Waals surface area contributed by atoms with Gasteiger partial charge in [0.2, 0.25) is 0 Å². The average molecular weight is 224 g/mol. The third-order valence-corrected chi connectivity index (χ3v) is 3.28. The van der Waals surface area contributed by atoms with Crippen LogP contribution in [-0.4, -0.2) is 5.78 Å². The average Bonchev–Trinajstić information content (AvgIpc) is 2.24. The number of carbonyl (C=O) groups excluding carboxylic acids is 1. The zero-order valence-corrected chi connectivity index (χ0v) is 11.7. The van der Waals surface area contributed by atoms with Crippen LogP contribution in [0.1, 0.15) is 66.7 Å². The van der Waals surface area contributed by atoms with Crippen LogP contribution < -0.4 is 0 Å². The highest BCUT2D eigenvalue weighted by Gasteiger charge is 2.12. The van der Waals surface area contributed by atoms with Crippen molar-refractivity contribution in [1.29, 1.82) is 0 Å². The fraction of sp³-hybridized carbons (Fsp3) is 0.800. The summed E-state index contributed by atoms with van der Waals surface area (Å²) in [6, 6.07) is 0. The third kappa shape index (κ3) is 7.67. The Labute approximate surface area is 101 Å². The maximum atomic E-state index is 11.8. The Hall–Kier alpha value is -0.590. The van der Waals surface area contributed by atoms with Gasteiger partial charge in [0, 0.05) is 12.3 Å². The lowest BCUT2D eigenvalue weighted by atomic mass is 9.93. The van der Waals surface area contributed by atoms with E-state index >= 15 is 0 Å². The first-order chi connectivity index (χ1) is 7.47. The van der Waals surface area contributed by atoms with Crippen LogP contribution in [0.25, 0.3) is 0 Å². The number of rotatable bonds is 8. The Morgan fingerprint density at radius 1 is 1.19 bits per heavy atom. The molecule has 0 aliphatic heterocycles. The minimum Gasteiger partial charge on any atom is -0.299 e. The van der Waals surface area contributed by atoms with Crippen molar-refractivity contribution in [2.24, 2.45) is 11.8 Å². The van der Waals surface area contributed by atoms with Crippen molar-refractivity contribution in [3.63, 3.8) is 0 Å². The molecule has 94 valence electrons. The molecule has 0 saturated carbocycles. The second kappa shape index (κ2) is 8.55. The number of Topliss-reactive ketones (excluding diaryl/α,β-unsaturated/α-hetero) is 1. The first-order valence-electron chi connectivity index (χ1n) is 6.63. The molecule has 16 heavy (non-hydrogen) atoms. The van der Waals surface area contributed by atoms with Gasteiger partial charge in [-0.25, -0.2) is 0 Å². The summed E-state index contributed by atoms with van der Waals surface area (Å²) in [5, 5.41) is 0. The van der Waals surface area contributed by atoms with E-state index in [2.05, 4.69) is 40.7 Å². The predicted octanol–water partition coefficient (Wildman–Crippen LogP) is 4.76. The standard InChI is InChI=1S/C15H28O/c1-6-13(4)10-11-15(16)14(5)9-7-8-12(2)3/h8,13-14H,6-7,9-11H2,1-5H3. The zero-order valence-electron chi connectivity index (χ0n) is 11.7. The highest BCUT2D eigenvalue weighted by Crippen LogP contribution is 2.15. The van der Waals surface area contributed by atoms with Gasteiger partial charge in [-0.2, -0.15) is 0 Å². The molecule has 0 saturated heterocycles.